The molecule has 0 bridgehead atoms. The molecule has 0 aliphatic rings. The lowest BCUT2D eigenvalue weighted by Crippen LogP contribution is -2.42. The van der Waals surface area contributed by atoms with Gasteiger partial charge >= 0.3 is 11.9 Å². The first-order valence-corrected chi connectivity index (χ1v) is 9.93. The number of unbranched alkanes of at least 4 members (excludes halogenated alkanes) is 1. The lowest BCUT2D eigenvalue weighted by molar-refractivity contribution is -0.168. The van der Waals surface area contributed by atoms with Gasteiger partial charge in [0, 0.05) is 10.8 Å². The Balaban J connectivity index is 2.39. The van der Waals surface area contributed by atoms with Crippen LogP contribution in [0, 0.1) is 5.41 Å². The van der Waals surface area contributed by atoms with Crippen LogP contribution in [0.3, 0.4) is 0 Å². The number of rotatable bonds is 8. The van der Waals surface area contributed by atoms with Crippen molar-refractivity contribution in [2.45, 2.75) is 46.5 Å². The molecule has 0 aliphatic carbocycles. The van der Waals surface area contributed by atoms with E-state index < -0.39 is 17.4 Å². The molecule has 2 rings (SSSR count). The van der Waals surface area contributed by atoms with Crippen LogP contribution >= 0.6 is 23.2 Å². The van der Waals surface area contributed by atoms with Crippen LogP contribution in [0.2, 0.25) is 10.0 Å². The Morgan fingerprint density at radius 2 is 1.59 bits per heavy atom. The monoisotopic (exact) mass is 410 g/mol. The van der Waals surface area contributed by atoms with E-state index in [1.807, 2.05) is 19.1 Å². The summed E-state index contributed by atoms with van der Waals surface area (Å²) in [4.78, 5) is 25.7. The van der Waals surface area contributed by atoms with Crippen molar-refractivity contribution in [3.8, 4) is 5.75 Å². The fourth-order valence-corrected chi connectivity index (χ4v) is 3.50. The second-order valence-corrected chi connectivity index (χ2v) is 7.20. The predicted molar refractivity (Wildman–Crippen MR) is 108 cm³/mol. The summed E-state index contributed by atoms with van der Waals surface area (Å²) in [5.74, 6) is -1.02. The van der Waals surface area contributed by atoms with E-state index in [1.165, 1.54) is 6.07 Å². The third kappa shape index (κ3) is 4.39. The maximum absolute atomic E-state index is 13.0. The van der Waals surface area contributed by atoms with Gasteiger partial charge in [0.1, 0.15) is 0 Å². The summed E-state index contributed by atoms with van der Waals surface area (Å²) >= 11 is 12.5. The lowest BCUT2D eigenvalue weighted by Gasteiger charge is -2.27. The number of ether oxygens (including phenoxy) is 2. The molecule has 0 N–H and O–H groups in total. The maximum atomic E-state index is 13.0. The first-order valence-electron chi connectivity index (χ1n) is 9.17. The van der Waals surface area contributed by atoms with Crippen molar-refractivity contribution in [3.05, 3.63) is 40.4 Å². The molecule has 0 amide bonds. The van der Waals surface area contributed by atoms with Crippen LogP contribution in [-0.2, 0) is 14.3 Å². The number of benzene rings is 2. The predicted octanol–water partition coefficient (Wildman–Crippen LogP) is 6.20. The normalized spacial score (nSPS) is 11.4. The Labute approximate surface area is 169 Å². The molecule has 0 spiro atoms. The molecule has 0 aliphatic heterocycles. The van der Waals surface area contributed by atoms with Crippen molar-refractivity contribution >= 4 is 45.9 Å². The van der Waals surface area contributed by atoms with Gasteiger partial charge in [-0.25, -0.2) is 0 Å². The van der Waals surface area contributed by atoms with Gasteiger partial charge in [0.25, 0.3) is 0 Å². The van der Waals surface area contributed by atoms with Crippen molar-refractivity contribution in [2.24, 2.45) is 5.41 Å². The zero-order valence-electron chi connectivity index (χ0n) is 15.8. The number of carbonyl (C=O) groups excluding carboxylic acids is 2. The smallest absolute Gasteiger partial charge is 0.328 e. The Morgan fingerprint density at radius 3 is 2.19 bits per heavy atom. The highest BCUT2D eigenvalue weighted by Gasteiger charge is 2.46. The van der Waals surface area contributed by atoms with Gasteiger partial charge in [-0.15, -0.1) is 0 Å². The van der Waals surface area contributed by atoms with E-state index >= 15 is 0 Å². The number of carbonyl (C=O) groups is 2. The van der Waals surface area contributed by atoms with Gasteiger partial charge in [-0.1, -0.05) is 74.7 Å². The third-order valence-electron chi connectivity index (χ3n) is 4.81. The van der Waals surface area contributed by atoms with Gasteiger partial charge in [0.2, 0.25) is 0 Å². The van der Waals surface area contributed by atoms with E-state index in [2.05, 4.69) is 0 Å². The van der Waals surface area contributed by atoms with Crippen LogP contribution in [0.4, 0.5) is 0 Å². The fourth-order valence-electron chi connectivity index (χ4n) is 2.92. The van der Waals surface area contributed by atoms with Crippen LogP contribution in [0.1, 0.15) is 46.5 Å². The molecule has 6 heteroatoms. The number of fused-ring (bicyclic) bond motifs is 1. The number of halogens is 2. The second-order valence-electron chi connectivity index (χ2n) is 6.38. The Kier molecular flexibility index (Phi) is 7.51. The zero-order chi connectivity index (χ0) is 20.0. The highest BCUT2D eigenvalue weighted by Crippen LogP contribution is 2.40. The van der Waals surface area contributed by atoms with Gasteiger partial charge in [-0.05, 0) is 25.3 Å². The number of hydrogen-bond acceptors (Lipinski definition) is 4. The molecular formula is C21H24Cl2O4. The van der Waals surface area contributed by atoms with Crippen LogP contribution in [0.25, 0.3) is 10.8 Å². The van der Waals surface area contributed by atoms with Crippen molar-refractivity contribution in [1.29, 1.82) is 0 Å². The topological polar surface area (TPSA) is 52.6 Å². The van der Waals surface area contributed by atoms with Gasteiger partial charge in [0.15, 0.2) is 11.2 Å². The van der Waals surface area contributed by atoms with E-state index in [-0.39, 0.29) is 30.2 Å². The van der Waals surface area contributed by atoms with E-state index in [0.29, 0.717) is 10.4 Å². The maximum Gasteiger partial charge on any atom is 0.328 e. The Morgan fingerprint density at radius 1 is 0.963 bits per heavy atom. The highest BCUT2D eigenvalue weighted by molar-refractivity contribution is 6.40. The minimum absolute atomic E-state index is 0.203. The lowest BCUT2D eigenvalue weighted by atomic mass is 9.82. The van der Waals surface area contributed by atoms with Crippen molar-refractivity contribution < 1.29 is 19.1 Å². The van der Waals surface area contributed by atoms with Gasteiger partial charge < -0.3 is 9.47 Å². The van der Waals surface area contributed by atoms with Crippen molar-refractivity contribution in [1.82, 2.24) is 0 Å². The van der Waals surface area contributed by atoms with Gasteiger partial charge in [-0.2, -0.15) is 0 Å². The summed E-state index contributed by atoms with van der Waals surface area (Å²) in [5.41, 5.74) is -1.36. The summed E-state index contributed by atoms with van der Waals surface area (Å²) in [6.45, 7) is 5.83. The molecule has 0 fully saturated rings. The molecule has 146 valence electrons. The molecule has 0 atom stereocenters. The summed E-state index contributed by atoms with van der Waals surface area (Å²) < 4.78 is 11.0. The van der Waals surface area contributed by atoms with E-state index in [0.717, 1.165) is 18.2 Å². The first kappa shape index (κ1) is 21.5. The minimum Gasteiger partial charge on any atom is -0.465 e. The third-order valence-corrected chi connectivity index (χ3v) is 5.41. The minimum atomic E-state index is -1.36. The summed E-state index contributed by atoms with van der Waals surface area (Å²) in [6, 6.07) is 8.76. The molecule has 27 heavy (non-hydrogen) atoms. The fraction of sp³-hybridized carbons (Fsp3) is 0.429. The second kappa shape index (κ2) is 9.43. The van der Waals surface area contributed by atoms with Crippen LogP contribution in [0.15, 0.2) is 30.3 Å². The van der Waals surface area contributed by atoms with E-state index in [1.54, 1.807) is 26.0 Å². The Hall–Kier alpha value is -1.78. The average molecular weight is 411 g/mol. The molecule has 0 aromatic heterocycles. The molecular weight excluding hydrogens is 387 g/mol. The molecule has 0 saturated carbocycles. The van der Waals surface area contributed by atoms with Gasteiger partial charge in [0.05, 0.1) is 16.7 Å². The summed E-state index contributed by atoms with van der Waals surface area (Å²) in [6.07, 6.45) is 2.19. The highest BCUT2D eigenvalue weighted by atomic mass is 35.5. The quantitative estimate of drug-likeness (QED) is 0.225. The average Bonchev–Trinajstić information content (AvgIpc) is 2.66. The molecule has 0 radical (unpaired) electrons. The SMILES string of the molecule is CCCCOC(=O)C(CC)(CC)C(=O)Oc1c(Cl)cc(Cl)c2ccccc12. The largest absolute Gasteiger partial charge is 0.465 e. The number of hydrogen-bond donors (Lipinski definition) is 0. The van der Waals surface area contributed by atoms with E-state index in [4.69, 9.17) is 32.7 Å². The van der Waals surface area contributed by atoms with Gasteiger partial charge in [-0.3, -0.25) is 9.59 Å². The van der Waals surface area contributed by atoms with Crippen LogP contribution in [-0.4, -0.2) is 18.5 Å². The molecule has 0 heterocycles. The number of esters is 2. The van der Waals surface area contributed by atoms with Crippen LogP contribution in [0.5, 0.6) is 5.75 Å². The van der Waals surface area contributed by atoms with Crippen LogP contribution < -0.4 is 4.74 Å². The molecule has 4 nitrogen and oxygen atoms in total. The summed E-state index contributed by atoms with van der Waals surface area (Å²) in [7, 11) is 0. The van der Waals surface area contributed by atoms with E-state index in [9.17, 15) is 9.59 Å². The molecule has 0 saturated heterocycles. The summed E-state index contributed by atoms with van der Waals surface area (Å²) in [5, 5.41) is 2.01. The standard InChI is InChI=1S/C21H24Cl2O4/c1-4-7-12-26-19(24)21(5-2,6-3)20(25)27-18-15-11-9-8-10-14(15)16(22)13-17(18)23/h8-11,13H,4-7,12H2,1-3H3. The molecule has 0 unspecified atom stereocenters. The van der Waals surface area contributed by atoms with Crippen molar-refractivity contribution in [2.75, 3.05) is 6.61 Å². The molecule has 2 aromatic carbocycles. The first-order chi connectivity index (χ1) is 12.9. The zero-order valence-corrected chi connectivity index (χ0v) is 17.3. The Bertz CT molecular complexity index is 828. The van der Waals surface area contributed by atoms with Crippen molar-refractivity contribution in [3.63, 3.8) is 0 Å². The molecule has 2 aromatic rings.